The Bertz CT molecular complexity index is 66.0. The third-order valence-electron chi connectivity index (χ3n) is 0.390. The van der Waals surface area contributed by atoms with Crippen molar-refractivity contribution in [3.05, 3.63) is 0 Å². The predicted molar refractivity (Wildman–Crippen MR) is 28.9 cm³/mol. The van der Waals surface area contributed by atoms with Crippen LogP contribution in [0.3, 0.4) is 0 Å². The molecule has 0 aromatic rings. The minimum absolute atomic E-state index is 0. The van der Waals surface area contributed by atoms with Crippen molar-refractivity contribution in [2.45, 2.75) is 13.0 Å². The summed E-state index contributed by atoms with van der Waals surface area (Å²) in [5.74, 6) is 0. The fourth-order valence-electron chi connectivity index (χ4n) is 0. The molecular weight excluding hydrogens is 163 g/mol. The van der Waals surface area contributed by atoms with Gasteiger partial charge in [-0.1, -0.05) is 0 Å². The van der Waals surface area contributed by atoms with Crippen molar-refractivity contribution < 1.29 is 24.6 Å². The Morgan fingerprint density at radius 2 is 2.00 bits per heavy atom. The third kappa shape index (κ3) is 6.47. The molecule has 1 unspecified atom stereocenters. The molecule has 0 saturated heterocycles. The van der Waals surface area contributed by atoms with Crippen LogP contribution in [0.2, 0.25) is 0 Å². The first-order chi connectivity index (χ1) is 2.64. The molecule has 0 rings (SSSR count). The van der Waals surface area contributed by atoms with Crippen LogP contribution in [0.15, 0.2) is 0 Å². The molecule has 0 aliphatic carbocycles. The molecule has 0 amide bonds. The second-order valence-corrected chi connectivity index (χ2v) is 1.55. The zero-order valence-corrected chi connectivity index (χ0v) is 8.00. The SMILES string of the molecule is CC(N)C(O)=S.[Zn]. The molecule has 2 nitrogen and oxygen atoms in total. The van der Waals surface area contributed by atoms with E-state index < -0.39 is 0 Å². The van der Waals surface area contributed by atoms with Gasteiger partial charge < -0.3 is 10.8 Å². The fourth-order valence-corrected chi connectivity index (χ4v) is 0. The number of hydrogen-bond acceptors (Lipinski definition) is 2. The Kier molecular flexibility index (Phi) is 6.91. The normalized spacial score (nSPS) is 11.7. The Morgan fingerprint density at radius 3 is 2.00 bits per heavy atom. The molecule has 0 saturated carbocycles. The number of nitrogens with two attached hydrogens (primary N) is 1. The van der Waals surface area contributed by atoms with E-state index in [0.717, 1.165) is 0 Å². The summed E-state index contributed by atoms with van der Waals surface area (Å²) < 4.78 is 0. The molecule has 1 atom stereocenters. The maximum atomic E-state index is 8.24. The van der Waals surface area contributed by atoms with Crippen LogP contribution in [0.5, 0.6) is 0 Å². The molecular formula is C3H7NOSZn. The van der Waals surface area contributed by atoms with E-state index in [1.54, 1.807) is 6.92 Å². The van der Waals surface area contributed by atoms with Gasteiger partial charge in [-0.3, -0.25) is 0 Å². The van der Waals surface area contributed by atoms with Gasteiger partial charge in [0.1, 0.15) is 0 Å². The van der Waals surface area contributed by atoms with Crippen molar-refractivity contribution in [3.8, 4) is 0 Å². The topological polar surface area (TPSA) is 46.2 Å². The van der Waals surface area contributed by atoms with Crippen molar-refractivity contribution >= 4 is 17.3 Å². The quantitative estimate of drug-likeness (QED) is 0.437. The van der Waals surface area contributed by atoms with E-state index in [-0.39, 0.29) is 30.6 Å². The number of hydrogen-bond donors (Lipinski definition) is 2. The van der Waals surface area contributed by atoms with Crippen molar-refractivity contribution in [1.29, 1.82) is 0 Å². The molecule has 0 spiro atoms. The number of rotatable bonds is 1. The smallest absolute Gasteiger partial charge is 0.173 e. The summed E-state index contributed by atoms with van der Waals surface area (Å²) in [4.78, 5) is 0. The van der Waals surface area contributed by atoms with Gasteiger partial charge in [-0.25, -0.2) is 0 Å². The van der Waals surface area contributed by atoms with Gasteiger partial charge in [-0.2, -0.15) is 0 Å². The van der Waals surface area contributed by atoms with Gasteiger partial charge in [0.25, 0.3) is 0 Å². The van der Waals surface area contributed by atoms with Crippen molar-refractivity contribution in [3.63, 3.8) is 0 Å². The standard InChI is InChI=1S/C3H7NOS.Zn/c1-2(4)3(5)6;/h2H,4H2,1H3,(H,5,6);. The van der Waals surface area contributed by atoms with Gasteiger partial charge in [0.2, 0.25) is 0 Å². The van der Waals surface area contributed by atoms with Crippen LogP contribution < -0.4 is 5.73 Å². The molecule has 0 fully saturated rings. The van der Waals surface area contributed by atoms with Gasteiger partial charge >= 0.3 is 0 Å². The van der Waals surface area contributed by atoms with E-state index in [1.807, 2.05) is 0 Å². The third-order valence-corrected chi connectivity index (χ3v) is 0.761. The van der Waals surface area contributed by atoms with E-state index in [2.05, 4.69) is 12.2 Å². The predicted octanol–water partition coefficient (Wildman–Crippen LogP) is 0.217. The first-order valence-corrected chi connectivity index (χ1v) is 2.04. The summed E-state index contributed by atoms with van der Waals surface area (Å²) in [6.45, 7) is 1.63. The fraction of sp³-hybridized carbons (Fsp3) is 0.667. The average Bonchev–Trinajstić information content (AvgIpc) is 1.36. The molecule has 0 aliphatic rings. The molecule has 0 aromatic heterocycles. The molecule has 38 valence electrons. The summed E-state index contributed by atoms with van der Waals surface area (Å²) in [7, 11) is 0. The molecule has 0 aliphatic heterocycles. The van der Waals surface area contributed by atoms with E-state index in [9.17, 15) is 0 Å². The Balaban J connectivity index is 0. The first kappa shape index (κ1) is 10.5. The molecule has 0 radical (unpaired) electrons. The van der Waals surface area contributed by atoms with Crippen LogP contribution in [-0.4, -0.2) is 16.2 Å². The summed E-state index contributed by atoms with van der Waals surface area (Å²) in [5.41, 5.74) is 5.04. The van der Waals surface area contributed by atoms with Gasteiger partial charge in [0, 0.05) is 19.5 Å². The van der Waals surface area contributed by atoms with Crippen LogP contribution in [0.1, 0.15) is 6.92 Å². The molecule has 7 heavy (non-hydrogen) atoms. The maximum Gasteiger partial charge on any atom is 0.173 e. The van der Waals surface area contributed by atoms with Gasteiger partial charge in [0.05, 0.1) is 6.04 Å². The van der Waals surface area contributed by atoms with Crippen LogP contribution >= 0.6 is 12.2 Å². The van der Waals surface area contributed by atoms with Gasteiger partial charge in [-0.05, 0) is 19.1 Å². The second-order valence-electron chi connectivity index (χ2n) is 1.13. The zero-order valence-electron chi connectivity index (χ0n) is 4.22. The average molecular weight is 171 g/mol. The Labute approximate surface area is 60.8 Å². The molecule has 3 N–H and O–H groups in total. The van der Waals surface area contributed by atoms with Crippen LogP contribution in [0.4, 0.5) is 0 Å². The van der Waals surface area contributed by atoms with Crippen LogP contribution in [0, 0.1) is 0 Å². The zero-order chi connectivity index (χ0) is 5.15. The van der Waals surface area contributed by atoms with Gasteiger partial charge in [0.15, 0.2) is 5.05 Å². The summed E-state index contributed by atoms with van der Waals surface area (Å²) in [5, 5.41) is 8.11. The number of thiocarbonyl (C=S) groups is 1. The summed E-state index contributed by atoms with van der Waals surface area (Å²) in [6, 6.07) is -0.361. The number of aliphatic hydroxyl groups is 1. The Morgan fingerprint density at radius 1 is 1.86 bits per heavy atom. The number of aliphatic hydroxyl groups excluding tert-OH is 1. The van der Waals surface area contributed by atoms with E-state index >= 15 is 0 Å². The second kappa shape index (κ2) is 4.63. The Hall–Kier alpha value is 0.473. The first-order valence-electron chi connectivity index (χ1n) is 1.63. The summed E-state index contributed by atoms with van der Waals surface area (Å²) in [6.07, 6.45) is 0. The summed E-state index contributed by atoms with van der Waals surface area (Å²) >= 11 is 4.25. The largest absolute Gasteiger partial charge is 0.501 e. The molecule has 4 heteroatoms. The maximum absolute atomic E-state index is 8.24. The minimum Gasteiger partial charge on any atom is -0.501 e. The van der Waals surface area contributed by atoms with Crippen molar-refractivity contribution in [1.82, 2.24) is 0 Å². The van der Waals surface area contributed by atoms with E-state index in [4.69, 9.17) is 10.8 Å². The monoisotopic (exact) mass is 169 g/mol. The molecule has 0 bridgehead atoms. The van der Waals surface area contributed by atoms with Crippen molar-refractivity contribution in [2.24, 2.45) is 5.73 Å². The van der Waals surface area contributed by atoms with Crippen LogP contribution in [-0.2, 0) is 19.5 Å². The molecule has 0 aromatic carbocycles. The van der Waals surface area contributed by atoms with E-state index in [1.165, 1.54) is 0 Å². The minimum atomic E-state index is -0.361. The van der Waals surface area contributed by atoms with Crippen LogP contribution in [0.25, 0.3) is 0 Å². The van der Waals surface area contributed by atoms with E-state index in [0.29, 0.717) is 0 Å². The van der Waals surface area contributed by atoms with Gasteiger partial charge in [-0.15, -0.1) is 0 Å². The van der Waals surface area contributed by atoms with Crippen molar-refractivity contribution in [2.75, 3.05) is 0 Å². The molecule has 0 heterocycles.